The highest BCUT2D eigenvalue weighted by Crippen LogP contribution is 2.23. The van der Waals surface area contributed by atoms with Gasteiger partial charge in [0.25, 0.3) is 0 Å². The Morgan fingerprint density at radius 1 is 0.929 bits per heavy atom. The van der Waals surface area contributed by atoms with Crippen molar-refractivity contribution in [1.29, 1.82) is 0 Å². The number of piperidine rings is 1. The number of nitrogens with one attached hydrogen (secondary N) is 1. The van der Waals surface area contributed by atoms with Crippen LogP contribution in [-0.4, -0.2) is 34.2 Å². The summed E-state index contributed by atoms with van der Waals surface area (Å²) in [4.78, 5) is 0.121. The summed E-state index contributed by atoms with van der Waals surface area (Å²) in [6.45, 7) is 2.72. The summed E-state index contributed by atoms with van der Waals surface area (Å²) >= 11 is 5.96. The third kappa shape index (κ3) is 4.75. The van der Waals surface area contributed by atoms with Crippen molar-refractivity contribution in [3.8, 4) is 0 Å². The molecule has 9 heteroatoms. The fourth-order valence-electron chi connectivity index (χ4n) is 3.19. The topological polar surface area (TPSA) is 83.5 Å². The molecule has 0 saturated carbocycles. The van der Waals surface area contributed by atoms with Crippen molar-refractivity contribution in [2.24, 2.45) is 0 Å². The van der Waals surface area contributed by atoms with Crippen LogP contribution in [0.4, 0.5) is 0 Å². The van der Waals surface area contributed by atoms with Crippen LogP contribution in [0.3, 0.4) is 0 Å². The second-order valence-corrected chi connectivity index (χ2v) is 10.9. The second kappa shape index (κ2) is 8.51. The molecule has 1 aliphatic heterocycles. The van der Waals surface area contributed by atoms with Crippen LogP contribution in [0.1, 0.15) is 37.8 Å². The number of nitrogens with zero attached hydrogens (tertiary/aromatic N) is 1. The standard InChI is InChI=1S/C19H23ClN2O4S2/c1-15(16-6-5-7-17(20)14-16)21-27(23,24)18-8-10-19(11-9-18)28(25,26)22-12-3-2-4-13-22/h5-11,14-15,21H,2-4,12-13H2,1H3. The van der Waals surface area contributed by atoms with Crippen molar-refractivity contribution in [1.82, 2.24) is 9.03 Å². The minimum Gasteiger partial charge on any atom is -0.207 e. The molecule has 28 heavy (non-hydrogen) atoms. The molecule has 152 valence electrons. The first kappa shape index (κ1) is 21.3. The lowest BCUT2D eigenvalue weighted by Gasteiger charge is -2.25. The zero-order valence-corrected chi connectivity index (χ0v) is 17.9. The maximum Gasteiger partial charge on any atom is 0.243 e. The second-order valence-electron chi connectivity index (χ2n) is 6.83. The molecule has 1 atom stereocenters. The molecule has 1 N–H and O–H groups in total. The fraction of sp³-hybridized carbons (Fsp3) is 0.368. The molecule has 1 heterocycles. The fourth-order valence-corrected chi connectivity index (χ4v) is 6.14. The summed E-state index contributed by atoms with van der Waals surface area (Å²) in [6, 6.07) is 11.8. The van der Waals surface area contributed by atoms with Crippen LogP contribution in [0, 0.1) is 0 Å². The lowest BCUT2D eigenvalue weighted by Crippen LogP contribution is -2.35. The van der Waals surface area contributed by atoms with Crippen LogP contribution in [0.5, 0.6) is 0 Å². The molecule has 0 amide bonds. The Bertz CT molecular complexity index is 1030. The normalized spacial score (nSPS) is 17.4. The van der Waals surface area contributed by atoms with Crippen molar-refractivity contribution < 1.29 is 16.8 Å². The van der Waals surface area contributed by atoms with Gasteiger partial charge in [0.2, 0.25) is 20.0 Å². The first-order valence-corrected chi connectivity index (χ1v) is 12.4. The van der Waals surface area contributed by atoms with Crippen LogP contribution in [-0.2, 0) is 20.0 Å². The summed E-state index contributed by atoms with van der Waals surface area (Å²) in [6.07, 6.45) is 2.72. The SMILES string of the molecule is CC(NS(=O)(=O)c1ccc(S(=O)(=O)N2CCCCC2)cc1)c1cccc(Cl)c1. The third-order valence-corrected chi connectivity index (χ3v) is 8.47. The van der Waals surface area contributed by atoms with E-state index in [1.54, 1.807) is 31.2 Å². The van der Waals surface area contributed by atoms with Gasteiger partial charge in [-0.05, 0) is 61.7 Å². The molecule has 0 aromatic heterocycles. The van der Waals surface area contributed by atoms with Crippen molar-refractivity contribution in [3.05, 3.63) is 59.1 Å². The molecule has 2 aromatic carbocycles. The quantitative estimate of drug-likeness (QED) is 0.741. The molecule has 1 saturated heterocycles. The maximum absolute atomic E-state index is 12.7. The van der Waals surface area contributed by atoms with Gasteiger partial charge in [0.15, 0.2) is 0 Å². The highest BCUT2D eigenvalue weighted by atomic mass is 35.5. The molecule has 0 radical (unpaired) electrons. The van der Waals surface area contributed by atoms with Gasteiger partial charge < -0.3 is 0 Å². The van der Waals surface area contributed by atoms with Crippen molar-refractivity contribution in [3.63, 3.8) is 0 Å². The number of halogens is 1. The van der Waals surface area contributed by atoms with Gasteiger partial charge in [-0.3, -0.25) is 0 Å². The molecule has 1 unspecified atom stereocenters. The molecule has 6 nitrogen and oxygen atoms in total. The summed E-state index contributed by atoms with van der Waals surface area (Å²) in [5, 5.41) is 0.524. The monoisotopic (exact) mass is 442 g/mol. The largest absolute Gasteiger partial charge is 0.243 e. The minimum absolute atomic E-state index is 0.0129. The molecule has 0 spiro atoms. The van der Waals surface area contributed by atoms with Gasteiger partial charge in [-0.1, -0.05) is 30.2 Å². The van der Waals surface area contributed by atoms with Gasteiger partial charge >= 0.3 is 0 Å². The average molecular weight is 443 g/mol. The molecule has 1 aliphatic rings. The van der Waals surface area contributed by atoms with E-state index < -0.39 is 26.1 Å². The zero-order valence-electron chi connectivity index (χ0n) is 15.5. The maximum atomic E-state index is 12.7. The zero-order chi connectivity index (χ0) is 20.4. The number of benzene rings is 2. The molecular formula is C19H23ClN2O4S2. The first-order chi connectivity index (χ1) is 13.2. The molecule has 0 bridgehead atoms. The minimum atomic E-state index is -3.81. The smallest absolute Gasteiger partial charge is 0.207 e. The number of rotatable bonds is 6. The lowest BCUT2D eigenvalue weighted by atomic mass is 10.1. The van der Waals surface area contributed by atoms with Crippen LogP contribution in [0.15, 0.2) is 58.3 Å². The number of hydrogen-bond donors (Lipinski definition) is 1. The van der Waals surface area contributed by atoms with Gasteiger partial charge in [-0.15, -0.1) is 0 Å². The van der Waals surface area contributed by atoms with E-state index >= 15 is 0 Å². The van der Waals surface area contributed by atoms with E-state index in [-0.39, 0.29) is 9.79 Å². The average Bonchev–Trinajstić information content (AvgIpc) is 2.68. The molecular weight excluding hydrogens is 420 g/mol. The number of hydrogen-bond acceptors (Lipinski definition) is 4. The Kier molecular flexibility index (Phi) is 6.46. The van der Waals surface area contributed by atoms with E-state index in [1.165, 1.54) is 28.6 Å². The van der Waals surface area contributed by atoms with Gasteiger partial charge in [-0.2, -0.15) is 4.31 Å². The van der Waals surface area contributed by atoms with E-state index in [0.29, 0.717) is 18.1 Å². The van der Waals surface area contributed by atoms with E-state index in [9.17, 15) is 16.8 Å². The predicted octanol–water partition coefficient (Wildman–Crippen LogP) is 3.55. The van der Waals surface area contributed by atoms with Crippen molar-refractivity contribution >= 4 is 31.6 Å². The first-order valence-electron chi connectivity index (χ1n) is 9.08. The Balaban J connectivity index is 1.78. The Labute approximate surface area is 171 Å². The van der Waals surface area contributed by atoms with E-state index in [0.717, 1.165) is 24.8 Å². The van der Waals surface area contributed by atoms with E-state index in [1.807, 2.05) is 0 Å². The Morgan fingerprint density at radius 3 is 2.14 bits per heavy atom. The van der Waals surface area contributed by atoms with Crippen molar-refractivity contribution in [2.45, 2.75) is 42.0 Å². The van der Waals surface area contributed by atoms with Crippen LogP contribution < -0.4 is 4.72 Å². The summed E-state index contributed by atoms with van der Waals surface area (Å²) in [7, 11) is -7.40. The summed E-state index contributed by atoms with van der Waals surface area (Å²) < 4.78 is 54.8. The molecule has 2 aromatic rings. The van der Waals surface area contributed by atoms with Crippen molar-refractivity contribution in [2.75, 3.05) is 13.1 Å². The van der Waals surface area contributed by atoms with Gasteiger partial charge in [0.1, 0.15) is 0 Å². The van der Waals surface area contributed by atoms with Crippen LogP contribution >= 0.6 is 11.6 Å². The lowest BCUT2D eigenvalue weighted by molar-refractivity contribution is 0.346. The Morgan fingerprint density at radius 2 is 1.54 bits per heavy atom. The highest BCUT2D eigenvalue weighted by Gasteiger charge is 2.26. The van der Waals surface area contributed by atoms with Gasteiger partial charge in [-0.25, -0.2) is 21.6 Å². The van der Waals surface area contributed by atoms with Gasteiger partial charge in [0, 0.05) is 24.2 Å². The third-order valence-electron chi connectivity index (χ3n) is 4.77. The summed E-state index contributed by atoms with van der Waals surface area (Å²) in [5.74, 6) is 0. The molecule has 1 fully saturated rings. The number of sulfonamides is 2. The van der Waals surface area contributed by atoms with Crippen LogP contribution in [0.2, 0.25) is 5.02 Å². The molecule has 0 aliphatic carbocycles. The molecule has 3 rings (SSSR count). The van der Waals surface area contributed by atoms with Crippen LogP contribution in [0.25, 0.3) is 0 Å². The predicted molar refractivity (Wildman–Crippen MR) is 109 cm³/mol. The Hall–Kier alpha value is -1.45. The van der Waals surface area contributed by atoms with E-state index in [4.69, 9.17) is 11.6 Å². The summed E-state index contributed by atoms with van der Waals surface area (Å²) in [5.41, 5.74) is 0.736. The highest BCUT2D eigenvalue weighted by molar-refractivity contribution is 7.89. The van der Waals surface area contributed by atoms with E-state index in [2.05, 4.69) is 4.72 Å². The van der Waals surface area contributed by atoms with Gasteiger partial charge in [0.05, 0.1) is 9.79 Å².